The number of hydrogen-bond donors (Lipinski definition) is 1. The standard InChI is InChI=1S/C16H19NO4S3/c1-12-3-5-13(6-4-12)11-22-10-8-17-24(19,20)14-7-9-23-15(14)16(18)21-2/h3-7,9,17H,8,10-11H2,1-2H3. The Kier molecular flexibility index (Phi) is 6.85. The van der Waals surface area contributed by atoms with Gasteiger partial charge in [0.15, 0.2) is 0 Å². The van der Waals surface area contributed by atoms with Gasteiger partial charge in [-0.15, -0.1) is 11.3 Å². The lowest BCUT2D eigenvalue weighted by Crippen LogP contribution is -2.27. The second-order valence-electron chi connectivity index (χ2n) is 5.04. The molecule has 0 aliphatic rings. The zero-order chi connectivity index (χ0) is 17.6. The van der Waals surface area contributed by atoms with Crippen molar-refractivity contribution in [3.8, 4) is 0 Å². The van der Waals surface area contributed by atoms with Gasteiger partial charge in [0.25, 0.3) is 0 Å². The summed E-state index contributed by atoms with van der Waals surface area (Å²) in [5.41, 5.74) is 2.42. The molecule has 1 N–H and O–H groups in total. The van der Waals surface area contributed by atoms with Crippen LogP contribution in [0.1, 0.15) is 20.8 Å². The van der Waals surface area contributed by atoms with E-state index in [0.29, 0.717) is 12.3 Å². The fraction of sp³-hybridized carbons (Fsp3) is 0.312. The van der Waals surface area contributed by atoms with Crippen LogP contribution in [-0.2, 0) is 20.5 Å². The molecule has 0 saturated carbocycles. The summed E-state index contributed by atoms with van der Waals surface area (Å²) in [5.74, 6) is 0.831. The highest BCUT2D eigenvalue weighted by atomic mass is 32.2. The van der Waals surface area contributed by atoms with Crippen molar-refractivity contribution in [3.05, 3.63) is 51.7 Å². The molecule has 0 radical (unpaired) electrons. The van der Waals surface area contributed by atoms with E-state index >= 15 is 0 Å². The van der Waals surface area contributed by atoms with E-state index < -0.39 is 16.0 Å². The molecule has 24 heavy (non-hydrogen) atoms. The third-order valence-electron chi connectivity index (χ3n) is 3.22. The molecule has 0 atom stereocenters. The van der Waals surface area contributed by atoms with Crippen LogP contribution in [0.3, 0.4) is 0 Å². The number of aryl methyl sites for hydroxylation is 1. The second kappa shape index (κ2) is 8.66. The number of hydrogen-bond acceptors (Lipinski definition) is 6. The largest absolute Gasteiger partial charge is 0.465 e. The van der Waals surface area contributed by atoms with Crippen LogP contribution in [-0.4, -0.2) is 33.8 Å². The van der Waals surface area contributed by atoms with E-state index in [4.69, 9.17) is 0 Å². The number of sulfonamides is 1. The Morgan fingerprint density at radius 3 is 2.62 bits per heavy atom. The summed E-state index contributed by atoms with van der Waals surface area (Å²) in [6, 6.07) is 9.67. The SMILES string of the molecule is COC(=O)c1sccc1S(=O)(=O)NCCSCc1ccc(C)cc1. The average molecular weight is 386 g/mol. The van der Waals surface area contributed by atoms with E-state index in [1.165, 1.54) is 24.3 Å². The number of thiophene rings is 1. The Morgan fingerprint density at radius 1 is 1.25 bits per heavy atom. The molecule has 0 bridgehead atoms. The number of methoxy groups -OCH3 is 1. The normalized spacial score (nSPS) is 11.4. The van der Waals surface area contributed by atoms with Gasteiger partial charge in [-0.05, 0) is 23.9 Å². The van der Waals surface area contributed by atoms with Gasteiger partial charge in [0.2, 0.25) is 10.0 Å². The molecule has 0 fully saturated rings. The molecule has 1 aromatic carbocycles. The van der Waals surface area contributed by atoms with Gasteiger partial charge >= 0.3 is 5.97 Å². The average Bonchev–Trinajstić information content (AvgIpc) is 3.06. The fourth-order valence-corrected chi connectivity index (χ4v) is 5.26. The maximum absolute atomic E-state index is 12.3. The Balaban J connectivity index is 1.84. The Bertz CT molecular complexity index is 782. The molecule has 0 saturated heterocycles. The first-order valence-electron chi connectivity index (χ1n) is 7.23. The molecule has 2 rings (SSSR count). The molecule has 0 unspecified atom stereocenters. The van der Waals surface area contributed by atoms with E-state index in [9.17, 15) is 13.2 Å². The number of esters is 1. The monoisotopic (exact) mass is 385 g/mol. The number of ether oxygens (including phenoxy) is 1. The number of rotatable bonds is 8. The molecule has 0 aliphatic carbocycles. The van der Waals surface area contributed by atoms with Crippen LogP contribution in [0.2, 0.25) is 0 Å². The maximum Gasteiger partial charge on any atom is 0.349 e. The van der Waals surface area contributed by atoms with E-state index in [1.54, 1.807) is 17.1 Å². The summed E-state index contributed by atoms with van der Waals surface area (Å²) in [4.78, 5) is 11.7. The smallest absolute Gasteiger partial charge is 0.349 e. The van der Waals surface area contributed by atoms with Crippen molar-refractivity contribution in [1.29, 1.82) is 0 Å². The van der Waals surface area contributed by atoms with Crippen molar-refractivity contribution in [3.63, 3.8) is 0 Å². The Hall–Kier alpha value is -1.35. The molecule has 2 aromatic rings. The summed E-state index contributed by atoms with van der Waals surface area (Å²) < 4.78 is 31.7. The summed E-state index contributed by atoms with van der Waals surface area (Å²) in [7, 11) is -2.48. The van der Waals surface area contributed by atoms with Gasteiger partial charge in [0, 0.05) is 18.1 Å². The van der Waals surface area contributed by atoms with Crippen LogP contribution in [0.5, 0.6) is 0 Å². The molecule has 0 aliphatic heterocycles. The zero-order valence-electron chi connectivity index (χ0n) is 13.4. The van der Waals surface area contributed by atoms with Gasteiger partial charge < -0.3 is 4.74 Å². The summed E-state index contributed by atoms with van der Waals surface area (Å²) >= 11 is 2.70. The minimum Gasteiger partial charge on any atom is -0.465 e. The minimum absolute atomic E-state index is 0.0251. The van der Waals surface area contributed by atoms with Gasteiger partial charge in [-0.3, -0.25) is 0 Å². The van der Waals surface area contributed by atoms with Crippen LogP contribution in [0.15, 0.2) is 40.6 Å². The summed E-state index contributed by atoms with van der Waals surface area (Å²) in [5, 5.41) is 1.56. The van der Waals surface area contributed by atoms with Crippen molar-refractivity contribution in [2.75, 3.05) is 19.4 Å². The van der Waals surface area contributed by atoms with Gasteiger partial charge in [-0.2, -0.15) is 11.8 Å². The number of benzene rings is 1. The highest BCUT2D eigenvalue weighted by Gasteiger charge is 2.24. The molecule has 0 amide bonds. The van der Waals surface area contributed by atoms with Crippen LogP contribution < -0.4 is 4.72 Å². The lowest BCUT2D eigenvalue weighted by Gasteiger charge is -2.07. The maximum atomic E-state index is 12.3. The number of thioether (sulfide) groups is 1. The van der Waals surface area contributed by atoms with Crippen LogP contribution >= 0.6 is 23.1 Å². The number of carbonyl (C=O) groups excluding carboxylic acids is 1. The lowest BCUT2D eigenvalue weighted by atomic mass is 10.2. The van der Waals surface area contributed by atoms with Crippen molar-refractivity contribution in [1.82, 2.24) is 4.72 Å². The number of nitrogens with one attached hydrogen (secondary N) is 1. The topological polar surface area (TPSA) is 72.5 Å². The predicted octanol–water partition coefficient (Wildman–Crippen LogP) is 3.05. The van der Waals surface area contributed by atoms with Crippen LogP contribution in [0.25, 0.3) is 0 Å². The van der Waals surface area contributed by atoms with Gasteiger partial charge in [-0.1, -0.05) is 29.8 Å². The number of carbonyl (C=O) groups is 1. The van der Waals surface area contributed by atoms with E-state index in [-0.39, 0.29) is 9.77 Å². The van der Waals surface area contributed by atoms with Gasteiger partial charge in [0.1, 0.15) is 9.77 Å². The van der Waals surface area contributed by atoms with E-state index in [2.05, 4.69) is 33.7 Å². The zero-order valence-corrected chi connectivity index (χ0v) is 15.9. The second-order valence-corrected chi connectivity index (χ2v) is 8.80. The molecule has 8 heteroatoms. The first-order valence-corrected chi connectivity index (χ1v) is 10.7. The van der Waals surface area contributed by atoms with Crippen LogP contribution in [0, 0.1) is 6.92 Å². The third-order valence-corrected chi connectivity index (χ3v) is 6.77. The molecular formula is C16H19NO4S3. The molecule has 5 nitrogen and oxygen atoms in total. The van der Waals surface area contributed by atoms with E-state index in [0.717, 1.165) is 17.1 Å². The van der Waals surface area contributed by atoms with Crippen molar-refractivity contribution in [2.24, 2.45) is 0 Å². The van der Waals surface area contributed by atoms with Gasteiger partial charge in [-0.25, -0.2) is 17.9 Å². The first-order chi connectivity index (χ1) is 11.4. The van der Waals surface area contributed by atoms with Gasteiger partial charge in [0.05, 0.1) is 7.11 Å². The molecule has 1 heterocycles. The Labute approximate surface area is 150 Å². The predicted molar refractivity (Wildman–Crippen MR) is 98.2 cm³/mol. The Morgan fingerprint density at radius 2 is 1.96 bits per heavy atom. The van der Waals surface area contributed by atoms with Crippen molar-refractivity contribution < 1.29 is 17.9 Å². The minimum atomic E-state index is -3.71. The van der Waals surface area contributed by atoms with Crippen molar-refractivity contribution >= 4 is 39.1 Å². The molecule has 1 aromatic heterocycles. The lowest BCUT2D eigenvalue weighted by molar-refractivity contribution is 0.0602. The third kappa shape index (κ3) is 5.07. The van der Waals surface area contributed by atoms with E-state index in [1.807, 2.05) is 6.92 Å². The van der Waals surface area contributed by atoms with Crippen LogP contribution in [0.4, 0.5) is 0 Å². The summed E-state index contributed by atoms with van der Waals surface area (Å²) in [6.45, 7) is 2.34. The highest BCUT2D eigenvalue weighted by Crippen LogP contribution is 2.22. The molecular weight excluding hydrogens is 366 g/mol. The molecule has 0 spiro atoms. The first kappa shape index (κ1) is 19.0. The quantitative estimate of drug-likeness (QED) is 0.558. The highest BCUT2D eigenvalue weighted by molar-refractivity contribution is 7.98. The summed E-state index contributed by atoms with van der Waals surface area (Å²) in [6.07, 6.45) is 0. The molecule has 130 valence electrons. The van der Waals surface area contributed by atoms with Crippen molar-refractivity contribution in [2.45, 2.75) is 17.6 Å². The fourth-order valence-electron chi connectivity index (χ4n) is 1.95.